The number of hydrogen-bond donors (Lipinski definition) is 0. The molecule has 0 aliphatic rings. The predicted molar refractivity (Wildman–Crippen MR) is 99.4 cm³/mol. The topological polar surface area (TPSA) is 97.2 Å². The lowest BCUT2D eigenvalue weighted by Crippen LogP contribution is -2.32. The first-order chi connectivity index (χ1) is 13.1. The average molecular weight is 367 g/mol. The Hall–Kier alpha value is -3.34. The number of aryl methyl sites for hydroxylation is 2. The summed E-state index contributed by atoms with van der Waals surface area (Å²) in [5, 5.41) is 18.1. The molecule has 140 valence electrons. The van der Waals surface area contributed by atoms with Gasteiger partial charge in [0.05, 0.1) is 18.0 Å². The van der Waals surface area contributed by atoms with Gasteiger partial charge in [0, 0.05) is 11.1 Å². The lowest BCUT2D eigenvalue weighted by atomic mass is 10.1. The van der Waals surface area contributed by atoms with Crippen molar-refractivity contribution in [2.24, 2.45) is 0 Å². The summed E-state index contributed by atoms with van der Waals surface area (Å²) >= 11 is 0. The maximum absolute atomic E-state index is 13.0. The Morgan fingerprint density at radius 3 is 2.89 bits per heavy atom. The van der Waals surface area contributed by atoms with Crippen molar-refractivity contribution in [1.82, 2.24) is 15.1 Å². The number of unbranched alkanes of at least 4 members (excludes halogenated alkanes) is 1. The van der Waals surface area contributed by atoms with Crippen LogP contribution in [0.1, 0.15) is 41.6 Å². The van der Waals surface area contributed by atoms with E-state index in [0.717, 1.165) is 23.7 Å². The molecule has 0 unspecified atom stereocenters. The standard InChI is InChI=1S/C19H21N5O3/c1-4-5-10-26-24-17-7-6-16(11-15(17)12-21-24)23(9-8-20)19(25)18-13(2)22-27-14(18)3/h6-7,11-12H,4-5,9-10H2,1-3H3. The van der Waals surface area contributed by atoms with Crippen LogP contribution in [0, 0.1) is 25.2 Å². The van der Waals surface area contributed by atoms with E-state index in [1.807, 2.05) is 18.2 Å². The van der Waals surface area contributed by atoms with Crippen molar-refractivity contribution in [2.75, 3.05) is 18.1 Å². The fourth-order valence-electron chi connectivity index (χ4n) is 2.84. The third-order valence-corrected chi connectivity index (χ3v) is 4.26. The second-order valence-electron chi connectivity index (χ2n) is 6.20. The Kier molecular flexibility index (Phi) is 5.41. The third kappa shape index (κ3) is 3.62. The van der Waals surface area contributed by atoms with Crippen molar-refractivity contribution in [3.63, 3.8) is 0 Å². The molecule has 1 amide bonds. The van der Waals surface area contributed by atoms with Gasteiger partial charge < -0.3 is 9.36 Å². The van der Waals surface area contributed by atoms with Crippen LogP contribution in [0.2, 0.25) is 0 Å². The van der Waals surface area contributed by atoms with Gasteiger partial charge in [-0.05, 0) is 38.5 Å². The smallest absolute Gasteiger partial charge is 0.264 e. The zero-order valence-electron chi connectivity index (χ0n) is 15.6. The van der Waals surface area contributed by atoms with E-state index in [9.17, 15) is 10.1 Å². The van der Waals surface area contributed by atoms with Crippen LogP contribution >= 0.6 is 0 Å². The average Bonchev–Trinajstić information content (AvgIpc) is 3.22. The van der Waals surface area contributed by atoms with Crippen LogP contribution in [-0.4, -0.2) is 34.2 Å². The van der Waals surface area contributed by atoms with Crippen LogP contribution in [0.3, 0.4) is 0 Å². The number of nitrogens with zero attached hydrogens (tertiary/aromatic N) is 5. The Morgan fingerprint density at radius 2 is 2.22 bits per heavy atom. The maximum atomic E-state index is 13.0. The van der Waals surface area contributed by atoms with Crippen LogP contribution in [-0.2, 0) is 0 Å². The zero-order valence-corrected chi connectivity index (χ0v) is 15.6. The summed E-state index contributed by atoms with van der Waals surface area (Å²) in [6.07, 6.45) is 3.66. The first-order valence-electron chi connectivity index (χ1n) is 8.79. The monoisotopic (exact) mass is 367 g/mol. The number of aromatic nitrogens is 3. The van der Waals surface area contributed by atoms with Gasteiger partial charge in [0.2, 0.25) is 0 Å². The van der Waals surface area contributed by atoms with Gasteiger partial charge in [-0.2, -0.15) is 5.26 Å². The van der Waals surface area contributed by atoms with Crippen LogP contribution in [0.25, 0.3) is 10.9 Å². The first-order valence-corrected chi connectivity index (χ1v) is 8.79. The first kappa shape index (κ1) is 18.5. The molecule has 0 spiro atoms. The fraction of sp³-hybridized carbons (Fsp3) is 0.368. The van der Waals surface area contributed by atoms with E-state index in [4.69, 9.17) is 9.36 Å². The highest BCUT2D eigenvalue weighted by molar-refractivity contribution is 6.08. The van der Waals surface area contributed by atoms with Gasteiger partial charge in [0.25, 0.3) is 5.91 Å². The molecule has 2 heterocycles. The van der Waals surface area contributed by atoms with Gasteiger partial charge in [0.15, 0.2) is 0 Å². The van der Waals surface area contributed by atoms with E-state index in [1.54, 1.807) is 26.1 Å². The highest BCUT2D eigenvalue weighted by Crippen LogP contribution is 2.25. The van der Waals surface area contributed by atoms with E-state index in [1.165, 1.54) is 9.75 Å². The summed E-state index contributed by atoms with van der Waals surface area (Å²) in [5.41, 5.74) is 2.28. The van der Waals surface area contributed by atoms with Gasteiger partial charge in [0.1, 0.15) is 30.0 Å². The van der Waals surface area contributed by atoms with Crippen molar-refractivity contribution in [1.29, 1.82) is 5.26 Å². The molecule has 3 rings (SSSR count). The Labute approximate surface area is 156 Å². The minimum atomic E-state index is -0.321. The van der Waals surface area contributed by atoms with Crippen LogP contribution in [0.4, 0.5) is 5.69 Å². The number of carbonyl (C=O) groups excluding carboxylic acids is 1. The van der Waals surface area contributed by atoms with Gasteiger partial charge >= 0.3 is 0 Å². The molecule has 0 atom stereocenters. The Bertz CT molecular complexity index is 979. The molecule has 27 heavy (non-hydrogen) atoms. The number of nitriles is 1. The van der Waals surface area contributed by atoms with Gasteiger partial charge in [-0.15, -0.1) is 5.10 Å². The number of hydrogen-bond acceptors (Lipinski definition) is 6. The summed E-state index contributed by atoms with van der Waals surface area (Å²) in [4.78, 5) is 21.5. The molecular formula is C19H21N5O3. The maximum Gasteiger partial charge on any atom is 0.264 e. The summed E-state index contributed by atoms with van der Waals surface area (Å²) in [5.74, 6) is 0.109. The minimum Gasteiger partial charge on any atom is -0.396 e. The molecular weight excluding hydrogens is 346 g/mol. The molecule has 0 radical (unpaired) electrons. The van der Waals surface area contributed by atoms with E-state index in [-0.39, 0.29) is 12.5 Å². The number of amides is 1. The Balaban J connectivity index is 1.93. The summed E-state index contributed by atoms with van der Waals surface area (Å²) in [6, 6.07) is 7.46. The normalized spacial score (nSPS) is 10.7. The fourth-order valence-corrected chi connectivity index (χ4v) is 2.84. The summed E-state index contributed by atoms with van der Waals surface area (Å²) in [7, 11) is 0. The van der Waals surface area contributed by atoms with E-state index >= 15 is 0 Å². The van der Waals surface area contributed by atoms with Crippen molar-refractivity contribution in [3.05, 3.63) is 41.4 Å². The number of benzene rings is 1. The number of rotatable bonds is 7. The molecule has 8 heteroatoms. The summed E-state index contributed by atoms with van der Waals surface area (Å²) < 4.78 is 5.09. The van der Waals surface area contributed by atoms with Crippen molar-refractivity contribution < 1.29 is 14.2 Å². The highest BCUT2D eigenvalue weighted by Gasteiger charge is 2.25. The van der Waals surface area contributed by atoms with Crippen LogP contribution in [0.15, 0.2) is 28.9 Å². The third-order valence-electron chi connectivity index (χ3n) is 4.26. The SMILES string of the molecule is CCCCOn1ncc2cc(N(CC#N)C(=O)c3c(C)noc3C)ccc21. The van der Waals surface area contributed by atoms with Crippen molar-refractivity contribution in [2.45, 2.75) is 33.6 Å². The highest BCUT2D eigenvalue weighted by atomic mass is 16.7. The lowest BCUT2D eigenvalue weighted by Gasteiger charge is -2.19. The van der Waals surface area contributed by atoms with Gasteiger partial charge in [-0.3, -0.25) is 9.69 Å². The lowest BCUT2D eigenvalue weighted by molar-refractivity contribution is 0.0897. The van der Waals surface area contributed by atoms with E-state index in [0.29, 0.717) is 29.3 Å². The largest absolute Gasteiger partial charge is 0.396 e. The quantitative estimate of drug-likeness (QED) is 0.470. The van der Waals surface area contributed by atoms with Gasteiger partial charge in [-0.25, -0.2) is 0 Å². The summed E-state index contributed by atoms with van der Waals surface area (Å²) in [6.45, 7) is 5.97. The second-order valence-corrected chi connectivity index (χ2v) is 6.20. The molecule has 8 nitrogen and oxygen atoms in total. The van der Waals surface area contributed by atoms with E-state index < -0.39 is 0 Å². The number of fused-ring (bicyclic) bond motifs is 1. The number of carbonyl (C=O) groups is 1. The molecule has 0 saturated carbocycles. The second kappa shape index (κ2) is 7.91. The van der Waals surface area contributed by atoms with Gasteiger partial charge in [-0.1, -0.05) is 23.3 Å². The molecule has 2 aromatic heterocycles. The molecule has 0 bridgehead atoms. The predicted octanol–water partition coefficient (Wildman–Crippen LogP) is 3.04. The molecule has 0 N–H and O–H groups in total. The molecule has 0 aliphatic heterocycles. The molecule has 1 aromatic carbocycles. The molecule has 3 aromatic rings. The zero-order chi connectivity index (χ0) is 19.4. The molecule has 0 aliphatic carbocycles. The van der Waals surface area contributed by atoms with Crippen LogP contribution in [0.5, 0.6) is 0 Å². The van der Waals surface area contributed by atoms with Crippen molar-refractivity contribution in [3.8, 4) is 6.07 Å². The van der Waals surface area contributed by atoms with Crippen LogP contribution < -0.4 is 9.74 Å². The van der Waals surface area contributed by atoms with Crippen molar-refractivity contribution >= 4 is 22.5 Å². The number of anilines is 1. The Morgan fingerprint density at radius 1 is 1.41 bits per heavy atom. The minimum absolute atomic E-state index is 0.0878. The molecule has 0 fully saturated rings. The molecule has 0 saturated heterocycles. The van der Waals surface area contributed by atoms with E-state index in [2.05, 4.69) is 17.2 Å².